The molecule has 0 aliphatic carbocycles. The van der Waals surface area contributed by atoms with Crippen molar-refractivity contribution in [3.63, 3.8) is 0 Å². The minimum Gasteiger partial charge on any atom is -0.497 e. The van der Waals surface area contributed by atoms with E-state index in [1.165, 1.54) is 0 Å². The number of amides is 1. The van der Waals surface area contributed by atoms with Crippen LogP contribution < -0.4 is 19.5 Å². The van der Waals surface area contributed by atoms with Crippen molar-refractivity contribution in [1.82, 2.24) is 15.5 Å². The number of H-pyrrole nitrogens is 1. The summed E-state index contributed by atoms with van der Waals surface area (Å²) in [5, 5.41) is 10.3. The molecule has 0 saturated carbocycles. The van der Waals surface area contributed by atoms with E-state index in [0.29, 0.717) is 29.5 Å². The Morgan fingerprint density at radius 2 is 1.79 bits per heavy atom. The molecule has 7 nitrogen and oxygen atoms in total. The molecule has 1 unspecified atom stereocenters. The fourth-order valence-electron chi connectivity index (χ4n) is 3.47. The second-order valence-corrected chi connectivity index (χ2v) is 6.33. The Morgan fingerprint density at radius 1 is 1.04 bits per heavy atom. The molecule has 1 aliphatic heterocycles. The molecule has 2 heterocycles. The van der Waals surface area contributed by atoms with Gasteiger partial charge in [0.1, 0.15) is 22.9 Å². The van der Waals surface area contributed by atoms with Crippen molar-refractivity contribution < 1.29 is 19.0 Å². The number of methoxy groups -OCH3 is 2. The number of aromatic amines is 1. The zero-order chi connectivity index (χ0) is 19.7. The number of aromatic nitrogens is 2. The summed E-state index contributed by atoms with van der Waals surface area (Å²) in [6.07, 6.45) is 0. The number of carbonyl (C=O) groups is 1. The van der Waals surface area contributed by atoms with E-state index >= 15 is 0 Å². The molecule has 1 aromatic heterocycles. The van der Waals surface area contributed by atoms with Crippen LogP contribution >= 0.6 is 0 Å². The average molecular weight is 379 g/mol. The Balaban J connectivity index is 1.80. The Kier molecular flexibility index (Phi) is 4.65. The van der Waals surface area contributed by atoms with Gasteiger partial charge in [0.05, 0.1) is 32.6 Å². The summed E-state index contributed by atoms with van der Waals surface area (Å²) in [4.78, 5) is 12.5. The highest BCUT2D eigenvalue weighted by atomic mass is 16.5. The van der Waals surface area contributed by atoms with E-state index in [0.717, 1.165) is 22.4 Å². The van der Waals surface area contributed by atoms with Gasteiger partial charge in [-0.3, -0.25) is 9.89 Å². The lowest BCUT2D eigenvalue weighted by molar-refractivity contribution is 0.0955. The molecular weight excluding hydrogens is 358 g/mol. The van der Waals surface area contributed by atoms with Crippen LogP contribution in [0.2, 0.25) is 0 Å². The maximum Gasteiger partial charge on any atom is 0.270 e. The highest BCUT2D eigenvalue weighted by Crippen LogP contribution is 2.41. The third kappa shape index (κ3) is 2.94. The van der Waals surface area contributed by atoms with E-state index in [2.05, 4.69) is 15.5 Å². The molecule has 144 valence electrons. The molecule has 0 spiro atoms. The smallest absolute Gasteiger partial charge is 0.270 e. The number of ether oxygens (including phenoxy) is 3. The van der Waals surface area contributed by atoms with Crippen LogP contribution in [0.25, 0.3) is 11.3 Å². The number of hydrogen-bond donors (Lipinski definition) is 2. The van der Waals surface area contributed by atoms with Crippen molar-refractivity contribution in [2.45, 2.75) is 13.0 Å². The predicted octanol–water partition coefficient (Wildman–Crippen LogP) is 3.33. The number of hydrogen-bond acceptors (Lipinski definition) is 5. The minimum absolute atomic E-state index is 0.199. The van der Waals surface area contributed by atoms with Crippen LogP contribution in [0.5, 0.6) is 17.2 Å². The van der Waals surface area contributed by atoms with Crippen LogP contribution in [0.1, 0.15) is 34.6 Å². The first-order valence-electron chi connectivity index (χ1n) is 9.00. The molecule has 0 fully saturated rings. The molecule has 4 rings (SSSR count). The fraction of sp³-hybridized carbons (Fsp3) is 0.238. The Bertz CT molecular complexity index is 1010. The van der Waals surface area contributed by atoms with Crippen LogP contribution in [0.3, 0.4) is 0 Å². The molecule has 1 atom stereocenters. The standard InChI is InChI=1S/C21H21N3O4/c1-4-28-13-7-5-12(6-8-13)18-17-19(22-21(25)20(17)24-23-18)15-11-14(26-2)9-10-16(15)27-3/h5-11,19H,4H2,1-3H3,(H,22,25)(H,23,24). The molecule has 28 heavy (non-hydrogen) atoms. The van der Waals surface area contributed by atoms with Crippen molar-refractivity contribution in [3.05, 3.63) is 59.3 Å². The highest BCUT2D eigenvalue weighted by Gasteiger charge is 2.37. The number of benzene rings is 2. The van der Waals surface area contributed by atoms with Crippen LogP contribution in [0.15, 0.2) is 42.5 Å². The Morgan fingerprint density at radius 3 is 2.46 bits per heavy atom. The van der Waals surface area contributed by atoms with Gasteiger partial charge < -0.3 is 19.5 Å². The summed E-state index contributed by atoms with van der Waals surface area (Å²) in [5.41, 5.74) is 3.66. The van der Waals surface area contributed by atoms with E-state index in [9.17, 15) is 4.79 Å². The number of rotatable bonds is 6. The van der Waals surface area contributed by atoms with Gasteiger partial charge in [0.15, 0.2) is 0 Å². The van der Waals surface area contributed by atoms with Crippen molar-refractivity contribution in [2.75, 3.05) is 20.8 Å². The first-order valence-corrected chi connectivity index (χ1v) is 9.00. The number of fused-ring (bicyclic) bond motifs is 1. The SMILES string of the molecule is CCOc1ccc(-c2n[nH]c3c2C(c2cc(OC)ccc2OC)NC3=O)cc1. The molecule has 1 amide bonds. The molecule has 3 aromatic rings. The van der Waals surface area contributed by atoms with E-state index in [-0.39, 0.29) is 5.91 Å². The van der Waals surface area contributed by atoms with Crippen LogP contribution in [-0.2, 0) is 0 Å². The summed E-state index contributed by atoms with van der Waals surface area (Å²) in [6, 6.07) is 12.8. The van der Waals surface area contributed by atoms with Crippen molar-refractivity contribution in [3.8, 4) is 28.5 Å². The molecule has 2 N–H and O–H groups in total. The van der Waals surface area contributed by atoms with Gasteiger partial charge in [0, 0.05) is 16.7 Å². The van der Waals surface area contributed by atoms with Gasteiger partial charge in [0.25, 0.3) is 5.91 Å². The van der Waals surface area contributed by atoms with Gasteiger partial charge in [0.2, 0.25) is 0 Å². The third-order valence-corrected chi connectivity index (χ3v) is 4.78. The van der Waals surface area contributed by atoms with E-state index in [1.54, 1.807) is 14.2 Å². The molecule has 1 aliphatic rings. The zero-order valence-electron chi connectivity index (χ0n) is 15.9. The van der Waals surface area contributed by atoms with Gasteiger partial charge in [-0.2, -0.15) is 5.10 Å². The zero-order valence-corrected chi connectivity index (χ0v) is 15.9. The Hall–Kier alpha value is -3.48. The first kappa shape index (κ1) is 17.9. The molecular formula is C21H21N3O4. The normalized spacial score (nSPS) is 15.1. The number of nitrogens with one attached hydrogen (secondary N) is 2. The summed E-state index contributed by atoms with van der Waals surface area (Å²) >= 11 is 0. The van der Waals surface area contributed by atoms with Crippen molar-refractivity contribution in [1.29, 1.82) is 0 Å². The summed E-state index contributed by atoms with van der Waals surface area (Å²) in [5.74, 6) is 1.94. The van der Waals surface area contributed by atoms with Crippen LogP contribution in [0.4, 0.5) is 0 Å². The lowest BCUT2D eigenvalue weighted by atomic mass is 9.96. The largest absolute Gasteiger partial charge is 0.497 e. The van der Waals surface area contributed by atoms with Gasteiger partial charge in [-0.25, -0.2) is 0 Å². The average Bonchev–Trinajstić information content (AvgIpc) is 3.30. The van der Waals surface area contributed by atoms with Gasteiger partial charge in [-0.05, 0) is 49.4 Å². The van der Waals surface area contributed by atoms with E-state index in [1.807, 2.05) is 49.4 Å². The molecule has 0 radical (unpaired) electrons. The van der Waals surface area contributed by atoms with E-state index in [4.69, 9.17) is 14.2 Å². The fourth-order valence-corrected chi connectivity index (χ4v) is 3.47. The van der Waals surface area contributed by atoms with Crippen LogP contribution in [-0.4, -0.2) is 36.9 Å². The minimum atomic E-state index is -0.395. The number of nitrogens with zero attached hydrogens (tertiary/aromatic N) is 1. The van der Waals surface area contributed by atoms with Crippen molar-refractivity contribution in [2.24, 2.45) is 0 Å². The van der Waals surface area contributed by atoms with E-state index < -0.39 is 6.04 Å². The summed E-state index contributed by atoms with van der Waals surface area (Å²) in [6.45, 7) is 2.55. The van der Waals surface area contributed by atoms with Gasteiger partial charge >= 0.3 is 0 Å². The second-order valence-electron chi connectivity index (χ2n) is 6.33. The third-order valence-electron chi connectivity index (χ3n) is 4.78. The maximum absolute atomic E-state index is 12.5. The first-order chi connectivity index (χ1) is 13.7. The lowest BCUT2D eigenvalue weighted by Gasteiger charge is -2.17. The summed E-state index contributed by atoms with van der Waals surface area (Å²) in [7, 11) is 3.21. The second kappa shape index (κ2) is 7.26. The summed E-state index contributed by atoms with van der Waals surface area (Å²) < 4.78 is 16.4. The molecule has 7 heteroatoms. The quantitative estimate of drug-likeness (QED) is 0.686. The monoisotopic (exact) mass is 379 g/mol. The molecule has 2 aromatic carbocycles. The lowest BCUT2D eigenvalue weighted by Crippen LogP contribution is -2.21. The molecule has 0 bridgehead atoms. The highest BCUT2D eigenvalue weighted by molar-refractivity contribution is 6.00. The van der Waals surface area contributed by atoms with Crippen molar-refractivity contribution >= 4 is 5.91 Å². The predicted molar refractivity (Wildman–Crippen MR) is 104 cm³/mol. The van der Waals surface area contributed by atoms with Crippen LogP contribution in [0, 0.1) is 0 Å². The number of carbonyl (C=O) groups excluding carboxylic acids is 1. The van der Waals surface area contributed by atoms with Gasteiger partial charge in [-0.15, -0.1) is 0 Å². The topological polar surface area (TPSA) is 85.5 Å². The molecule has 0 saturated heterocycles. The van der Waals surface area contributed by atoms with Gasteiger partial charge in [-0.1, -0.05) is 0 Å². The maximum atomic E-state index is 12.5. The Labute approximate surface area is 162 Å².